The van der Waals surface area contributed by atoms with E-state index in [2.05, 4.69) is 4.99 Å². The maximum atomic E-state index is 13.0. The van der Waals surface area contributed by atoms with Gasteiger partial charge in [-0.25, -0.2) is 13.4 Å². The van der Waals surface area contributed by atoms with Gasteiger partial charge in [-0.05, 0) is 24.6 Å². The maximum absolute atomic E-state index is 13.0. The molecule has 138 valence electrons. The highest BCUT2D eigenvalue weighted by Crippen LogP contribution is 2.19. The van der Waals surface area contributed by atoms with Gasteiger partial charge in [0.1, 0.15) is 5.84 Å². The highest BCUT2D eigenvalue weighted by atomic mass is 32.2. The zero-order chi connectivity index (χ0) is 19.3. The van der Waals surface area contributed by atoms with E-state index in [4.69, 9.17) is 0 Å². The van der Waals surface area contributed by atoms with Crippen molar-refractivity contribution in [2.24, 2.45) is 4.99 Å². The molecule has 0 aliphatic heterocycles. The van der Waals surface area contributed by atoms with Crippen molar-refractivity contribution in [3.05, 3.63) is 102 Å². The van der Waals surface area contributed by atoms with Crippen LogP contribution in [0.15, 0.2) is 89.9 Å². The van der Waals surface area contributed by atoms with Crippen LogP contribution in [-0.4, -0.2) is 25.6 Å². The molecule has 0 heterocycles. The highest BCUT2D eigenvalue weighted by molar-refractivity contribution is 7.88. The third-order valence-corrected chi connectivity index (χ3v) is 5.91. The summed E-state index contributed by atoms with van der Waals surface area (Å²) < 4.78 is 27.3. The zero-order valence-corrected chi connectivity index (χ0v) is 16.2. The number of sulfonamides is 1. The smallest absolute Gasteiger partial charge is 0.240 e. The Labute approximate surface area is 160 Å². The Morgan fingerprint density at radius 3 is 2.00 bits per heavy atom. The number of rotatable bonds is 5. The van der Waals surface area contributed by atoms with E-state index in [0.717, 1.165) is 16.7 Å². The minimum absolute atomic E-state index is 0.0793. The Morgan fingerprint density at radius 1 is 0.852 bits per heavy atom. The van der Waals surface area contributed by atoms with Gasteiger partial charge >= 0.3 is 0 Å². The lowest BCUT2D eigenvalue weighted by Gasteiger charge is -2.22. The molecule has 0 atom stereocenters. The standard InChI is InChI=1S/C22H22N2O2S/c1-18-13-15-21(16-14-18)23-22(20-11-7-4-8-12-20)24(2)27(25,26)17-19-9-5-3-6-10-19/h3-16H,17H2,1-2H3. The van der Waals surface area contributed by atoms with Crippen LogP contribution < -0.4 is 0 Å². The number of amidine groups is 1. The highest BCUT2D eigenvalue weighted by Gasteiger charge is 2.23. The van der Waals surface area contributed by atoms with E-state index in [1.165, 1.54) is 4.31 Å². The van der Waals surface area contributed by atoms with Crippen molar-refractivity contribution in [2.75, 3.05) is 7.05 Å². The molecule has 0 fully saturated rings. The Hall–Kier alpha value is -2.92. The van der Waals surface area contributed by atoms with Crippen molar-refractivity contribution >= 4 is 21.5 Å². The number of aryl methyl sites for hydroxylation is 1. The largest absolute Gasteiger partial charge is 0.256 e. The van der Waals surface area contributed by atoms with Gasteiger partial charge in [0.05, 0.1) is 11.4 Å². The van der Waals surface area contributed by atoms with Crippen molar-refractivity contribution in [2.45, 2.75) is 12.7 Å². The maximum Gasteiger partial charge on any atom is 0.240 e. The molecule has 0 saturated heterocycles. The van der Waals surface area contributed by atoms with Gasteiger partial charge in [-0.3, -0.25) is 4.31 Å². The van der Waals surface area contributed by atoms with Crippen LogP contribution in [0.4, 0.5) is 5.69 Å². The first kappa shape index (κ1) is 18.9. The minimum Gasteiger partial charge on any atom is -0.256 e. The van der Waals surface area contributed by atoms with E-state index in [0.29, 0.717) is 11.5 Å². The van der Waals surface area contributed by atoms with Crippen molar-refractivity contribution < 1.29 is 8.42 Å². The summed E-state index contributed by atoms with van der Waals surface area (Å²) in [6.07, 6.45) is 0. The number of nitrogens with zero attached hydrogens (tertiary/aromatic N) is 2. The molecule has 0 N–H and O–H groups in total. The van der Waals surface area contributed by atoms with Crippen LogP contribution in [0.2, 0.25) is 0 Å². The van der Waals surface area contributed by atoms with Gasteiger partial charge in [-0.1, -0.05) is 78.4 Å². The molecule has 0 saturated carbocycles. The summed E-state index contributed by atoms with van der Waals surface area (Å²) in [7, 11) is -2.03. The Bertz CT molecular complexity index is 1010. The molecule has 0 aliphatic carbocycles. The molecular weight excluding hydrogens is 356 g/mol. The summed E-state index contributed by atoms with van der Waals surface area (Å²) in [5, 5.41) is 0. The van der Waals surface area contributed by atoms with E-state index in [-0.39, 0.29) is 5.75 Å². The second kappa shape index (κ2) is 8.18. The van der Waals surface area contributed by atoms with E-state index in [1.807, 2.05) is 91.9 Å². The molecule has 5 heteroatoms. The van der Waals surface area contributed by atoms with Crippen LogP contribution in [0, 0.1) is 6.92 Å². The van der Waals surface area contributed by atoms with Crippen molar-refractivity contribution in [1.82, 2.24) is 4.31 Å². The molecule has 3 aromatic carbocycles. The summed E-state index contributed by atoms with van der Waals surface area (Å²) in [4.78, 5) is 4.64. The molecule has 0 amide bonds. The molecule has 0 radical (unpaired) electrons. The number of hydrogen-bond acceptors (Lipinski definition) is 3. The van der Waals surface area contributed by atoms with Crippen LogP contribution in [0.25, 0.3) is 0 Å². The minimum atomic E-state index is -3.59. The summed E-state index contributed by atoms with van der Waals surface area (Å²) >= 11 is 0. The lowest BCUT2D eigenvalue weighted by molar-refractivity contribution is 0.551. The van der Waals surface area contributed by atoms with Gasteiger partial charge in [0.25, 0.3) is 0 Å². The van der Waals surface area contributed by atoms with Gasteiger partial charge in [0.2, 0.25) is 10.0 Å². The van der Waals surface area contributed by atoms with Crippen molar-refractivity contribution in [3.8, 4) is 0 Å². The van der Waals surface area contributed by atoms with Crippen LogP contribution in [0.5, 0.6) is 0 Å². The average molecular weight is 378 g/mol. The van der Waals surface area contributed by atoms with Crippen molar-refractivity contribution in [1.29, 1.82) is 0 Å². The van der Waals surface area contributed by atoms with Gasteiger partial charge in [-0.2, -0.15) is 0 Å². The number of aliphatic imine (C=N–C) groups is 1. The molecule has 3 rings (SSSR count). The molecule has 3 aromatic rings. The van der Waals surface area contributed by atoms with Gasteiger partial charge in [0, 0.05) is 12.6 Å². The van der Waals surface area contributed by atoms with Crippen LogP contribution in [0.1, 0.15) is 16.7 Å². The Balaban J connectivity index is 2.00. The first-order valence-electron chi connectivity index (χ1n) is 8.67. The molecule has 0 spiro atoms. The lowest BCUT2D eigenvalue weighted by Crippen LogP contribution is -2.34. The Kier molecular flexibility index (Phi) is 5.72. The molecule has 0 bridgehead atoms. The predicted octanol–water partition coefficient (Wildman–Crippen LogP) is 4.54. The molecule has 0 unspecified atom stereocenters. The van der Waals surface area contributed by atoms with E-state index >= 15 is 0 Å². The van der Waals surface area contributed by atoms with E-state index in [9.17, 15) is 8.42 Å². The quantitative estimate of drug-likeness (QED) is 0.484. The third-order valence-electron chi connectivity index (χ3n) is 4.21. The van der Waals surface area contributed by atoms with E-state index < -0.39 is 10.0 Å². The number of hydrogen-bond donors (Lipinski definition) is 0. The zero-order valence-electron chi connectivity index (χ0n) is 15.4. The lowest BCUT2D eigenvalue weighted by atomic mass is 10.2. The second-order valence-corrected chi connectivity index (χ2v) is 8.35. The van der Waals surface area contributed by atoms with Gasteiger partial charge in [0.15, 0.2) is 0 Å². The summed E-state index contributed by atoms with van der Waals surface area (Å²) in [6.45, 7) is 2.00. The monoisotopic (exact) mass is 378 g/mol. The normalized spacial score (nSPS) is 12.0. The molecule has 0 aliphatic rings. The van der Waals surface area contributed by atoms with Gasteiger partial charge < -0.3 is 0 Å². The first-order valence-corrected chi connectivity index (χ1v) is 10.3. The predicted molar refractivity (Wildman–Crippen MR) is 111 cm³/mol. The first-order chi connectivity index (χ1) is 13.0. The topological polar surface area (TPSA) is 49.7 Å². The van der Waals surface area contributed by atoms with Crippen molar-refractivity contribution in [3.63, 3.8) is 0 Å². The average Bonchev–Trinajstić information content (AvgIpc) is 2.68. The fourth-order valence-corrected chi connectivity index (χ4v) is 3.88. The summed E-state index contributed by atoms with van der Waals surface area (Å²) in [6, 6.07) is 26.2. The fourth-order valence-electron chi connectivity index (χ4n) is 2.66. The molecule has 4 nitrogen and oxygen atoms in total. The second-order valence-electron chi connectivity index (χ2n) is 6.35. The summed E-state index contributed by atoms with van der Waals surface area (Å²) in [5.41, 5.74) is 3.32. The fraction of sp³-hybridized carbons (Fsp3) is 0.136. The molecule has 0 aromatic heterocycles. The third kappa shape index (κ3) is 4.83. The van der Waals surface area contributed by atoms with Crippen LogP contribution >= 0.6 is 0 Å². The van der Waals surface area contributed by atoms with Crippen LogP contribution in [-0.2, 0) is 15.8 Å². The van der Waals surface area contributed by atoms with Crippen LogP contribution in [0.3, 0.4) is 0 Å². The van der Waals surface area contributed by atoms with E-state index in [1.54, 1.807) is 7.05 Å². The van der Waals surface area contributed by atoms with Gasteiger partial charge in [-0.15, -0.1) is 0 Å². The Morgan fingerprint density at radius 2 is 1.41 bits per heavy atom. The number of benzene rings is 3. The molecular formula is C22H22N2O2S. The SMILES string of the molecule is Cc1ccc(N=C(c2ccccc2)N(C)S(=O)(=O)Cc2ccccc2)cc1. The molecule has 27 heavy (non-hydrogen) atoms. The summed E-state index contributed by atoms with van der Waals surface area (Å²) in [5.74, 6) is 0.319.